The monoisotopic (exact) mass is 306 g/mol. The largest absolute Gasteiger partial charge is 0.371 e. The molecule has 2 rings (SSSR count). The van der Waals surface area contributed by atoms with E-state index in [-0.39, 0.29) is 11.9 Å². The molecule has 2 nitrogen and oxygen atoms in total. The Morgan fingerprint density at radius 2 is 2.05 bits per heavy atom. The van der Waals surface area contributed by atoms with Gasteiger partial charge in [0.1, 0.15) is 5.82 Å². The summed E-state index contributed by atoms with van der Waals surface area (Å²) in [7, 11) is 3.98. The van der Waals surface area contributed by atoms with Crippen molar-refractivity contribution in [2.75, 3.05) is 19.0 Å². The van der Waals surface area contributed by atoms with E-state index in [1.165, 1.54) is 10.9 Å². The molecular weight excluding hydrogens is 283 g/mol. The molecule has 1 heterocycles. The maximum absolute atomic E-state index is 13.6. The van der Waals surface area contributed by atoms with Crippen LogP contribution in [0.3, 0.4) is 0 Å². The second kappa shape index (κ2) is 7.05. The molecule has 0 spiro atoms. The molecule has 0 aliphatic carbocycles. The average molecular weight is 306 g/mol. The van der Waals surface area contributed by atoms with Crippen LogP contribution in [-0.2, 0) is 6.42 Å². The van der Waals surface area contributed by atoms with Crippen molar-refractivity contribution < 1.29 is 4.39 Å². The van der Waals surface area contributed by atoms with Gasteiger partial charge in [0, 0.05) is 36.1 Å². The molecule has 0 bridgehead atoms. The normalized spacial score (nSPS) is 14.0. The SMILES string of the molecule is CNC(C)c1cc(F)ccc1N(C)C(C)Cc1cccs1. The van der Waals surface area contributed by atoms with E-state index in [9.17, 15) is 4.39 Å². The molecule has 0 radical (unpaired) electrons. The number of nitrogens with zero attached hydrogens (tertiary/aromatic N) is 1. The number of rotatable bonds is 6. The van der Waals surface area contributed by atoms with Crippen LogP contribution in [0.5, 0.6) is 0 Å². The first kappa shape index (κ1) is 16.0. The lowest BCUT2D eigenvalue weighted by atomic mass is 10.0. The topological polar surface area (TPSA) is 15.3 Å². The van der Waals surface area contributed by atoms with Crippen molar-refractivity contribution in [3.05, 3.63) is 52.0 Å². The number of nitrogens with one attached hydrogen (secondary N) is 1. The number of likely N-dealkylation sites (N-methyl/N-ethyl adjacent to an activating group) is 1. The van der Waals surface area contributed by atoms with Crippen LogP contribution in [0.15, 0.2) is 35.7 Å². The minimum absolute atomic E-state index is 0.118. The Kier molecular flexibility index (Phi) is 5.37. The summed E-state index contributed by atoms with van der Waals surface area (Å²) in [4.78, 5) is 3.61. The van der Waals surface area contributed by atoms with E-state index in [1.807, 2.05) is 13.1 Å². The summed E-state index contributed by atoms with van der Waals surface area (Å²) in [6.45, 7) is 4.26. The fraction of sp³-hybridized carbons (Fsp3) is 0.412. The summed E-state index contributed by atoms with van der Waals surface area (Å²) in [5.41, 5.74) is 2.08. The standard InChI is InChI=1S/C17H23FN2S/c1-12(10-15-6-5-9-21-15)20(4)17-8-7-14(18)11-16(17)13(2)19-3/h5-9,11-13,19H,10H2,1-4H3. The van der Waals surface area contributed by atoms with Gasteiger partial charge in [-0.3, -0.25) is 0 Å². The molecule has 4 heteroatoms. The summed E-state index contributed by atoms with van der Waals surface area (Å²) < 4.78 is 13.6. The molecule has 2 aromatic rings. The molecule has 0 fully saturated rings. The van der Waals surface area contributed by atoms with Crippen molar-refractivity contribution in [1.82, 2.24) is 5.32 Å². The van der Waals surface area contributed by atoms with Crippen molar-refractivity contribution in [2.45, 2.75) is 32.4 Å². The molecule has 2 unspecified atom stereocenters. The Morgan fingerprint density at radius 3 is 2.67 bits per heavy atom. The lowest BCUT2D eigenvalue weighted by molar-refractivity contribution is 0.602. The van der Waals surface area contributed by atoms with Gasteiger partial charge in [-0.25, -0.2) is 4.39 Å². The Bertz CT molecular complexity index is 568. The van der Waals surface area contributed by atoms with Crippen LogP contribution in [0.4, 0.5) is 10.1 Å². The van der Waals surface area contributed by atoms with Gasteiger partial charge < -0.3 is 10.2 Å². The van der Waals surface area contributed by atoms with Crippen molar-refractivity contribution in [3.63, 3.8) is 0 Å². The summed E-state index contributed by atoms with van der Waals surface area (Å²) in [6, 6.07) is 9.77. The number of thiophene rings is 1. The quantitative estimate of drug-likeness (QED) is 0.859. The zero-order chi connectivity index (χ0) is 15.4. The predicted molar refractivity (Wildman–Crippen MR) is 89.8 cm³/mol. The minimum atomic E-state index is -0.185. The number of benzene rings is 1. The van der Waals surface area contributed by atoms with Crippen LogP contribution >= 0.6 is 11.3 Å². The molecule has 0 saturated carbocycles. The zero-order valence-electron chi connectivity index (χ0n) is 13.1. The fourth-order valence-electron chi connectivity index (χ4n) is 2.44. The third kappa shape index (κ3) is 3.83. The third-order valence-electron chi connectivity index (χ3n) is 4.01. The molecule has 114 valence electrons. The lowest BCUT2D eigenvalue weighted by Crippen LogP contribution is -2.32. The van der Waals surface area contributed by atoms with E-state index in [0.29, 0.717) is 6.04 Å². The summed E-state index contributed by atoms with van der Waals surface area (Å²) in [5, 5.41) is 5.30. The van der Waals surface area contributed by atoms with Crippen LogP contribution in [0.1, 0.15) is 30.3 Å². The molecule has 1 aromatic carbocycles. The van der Waals surface area contributed by atoms with Crippen LogP contribution < -0.4 is 10.2 Å². The first-order chi connectivity index (χ1) is 10.0. The van der Waals surface area contributed by atoms with Crippen LogP contribution in [0.2, 0.25) is 0 Å². The third-order valence-corrected chi connectivity index (χ3v) is 4.91. The van der Waals surface area contributed by atoms with Gasteiger partial charge in [0.05, 0.1) is 0 Å². The summed E-state index contributed by atoms with van der Waals surface area (Å²) >= 11 is 1.78. The second-order valence-electron chi connectivity index (χ2n) is 5.46. The Balaban J connectivity index is 2.23. The molecule has 0 aliphatic heterocycles. The maximum atomic E-state index is 13.6. The van der Waals surface area contributed by atoms with E-state index in [1.54, 1.807) is 17.4 Å². The second-order valence-corrected chi connectivity index (χ2v) is 6.49. The van der Waals surface area contributed by atoms with Gasteiger partial charge in [-0.2, -0.15) is 0 Å². The molecule has 21 heavy (non-hydrogen) atoms. The van der Waals surface area contributed by atoms with Gasteiger partial charge in [0.2, 0.25) is 0 Å². The Hall–Kier alpha value is -1.39. The van der Waals surface area contributed by atoms with Crippen LogP contribution in [0, 0.1) is 5.82 Å². The van der Waals surface area contributed by atoms with Gasteiger partial charge in [0.25, 0.3) is 0 Å². The van der Waals surface area contributed by atoms with Gasteiger partial charge in [-0.1, -0.05) is 6.07 Å². The van der Waals surface area contributed by atoms with Gasteiger partial charge >= 0.3 is 0 Å². The first-order valence-electron chi connectivity index (χ1n) is 7.25. The molecule has 0 amide bonds. The Morgan fingerprint density at radius 1 is 1.29 bits per heavy atom. The number of anilines is 1. The smallest absolute Gasteiger partial charge is 0.123 e. The Labute approximate surface area is 130 Å². The lowest BCUT2D eigenvalue weighted by Gasteiger charge is -2.30. The van der Waals surface area contributed by atoms with Crippen molar-refractivity contribution in [2.24, 2.45) is 0 Å². The van der Waals surface area contributed by atoms with Gasteiger partial charge in [-0.05, 0) is 56.1 Å². The van der Waals surface area contributed by atoms with Gasteiger partial charge in [0.15, 0.2) is 0 Å². The van der Waals surface area contributed by atoms with E-state index >= 15 is 0 Å². The van der Waals surface area contributed by atoms with E-state index in [2.05, 4.69) is 48.6 Å². The maximum Gasteiger partial charge on any atom is 0.123 e. The molecule has 1 N–H and O–H groups in total. The summed E-state index contributed by atoms with van der Waals surface area (Å²) in [5.74, 6) is -0.185. The highest BCUT2D eigenvalue weighted by Gasteiger charge is 2.17. The van der Waals surface area contributed by atoms with Crippen molar-refractivity contribution in [1.29, 1.82) is 0 Å². The minimum Gasteiger partial charge on any atom is -0.371 e. The number of hydrogen-bond acceptors (Lipinski definition) is 3. The average Bonchev–Trinajstić information content (AvgIpc) is 2.98. The van der Waals surface area contributed by atoms with Crippen molar-refractivity contribution in [3.8, 4) is 0 Å². The number of halogens is 1. The van der Waals surface area contributed by atoms with E-state index in [4.69, 9.17) is 0 Å². The zero-order valence-corrected chi connectivity index (χ0v) is 13.9. The van der Waals surface area contributed by atoms with Crippen LogP contribution in [-0.4, -0.2) is 20.1 Å². The molecule has 0 saturated heterocycles. The molecule has 0 aliphatic rings. The molecular formula is C17H23FN2S. The highest BCUT2D eigenvalue weighted by molar-refractivity contribution is 7.09. The highest BCUT2D eigenvalue weighted by atomic mass is 32.1. The van der Waals surface area contributed by atoms with E-state index in [0.717, 1.165) is 17.7 Å². The molecule has 1 aromatic heterocycles. The van der Waals surface area contributed by atoms with Crippen LogP contribution in [0.25, 0.3) is 0 Å². The van der Waals surface area contributed by atoms with Crippen molar-refractivity contribution >= 4 is 17.0 Å². The first-order valence-corrected chi connectivity index (χ1v) is 8.12. The highest BCUT2D eigenvalue weighted by Crippen LogP contribution is 2.28. The predicted octanol–water partition coefficient (Wildman–Crippen LogP) is 4.24. The molecule has 2 atom stereocenters. The number of hydrogen-bond donors (Lipinski definition) is 1. The summed E-state index contributed by atoms with van der Waals surface area (Å²) in [6.07, 6.45) is 0.999. The van der Waals surface area contributed by atoms with E-state index < -0.39 is 0 Å². The fourth-order valence-corrected chi connectivity index (χ4v) is 3.27. The van der Waals surface area contributed by atoms with Gasteiger partial charge in [-0.15, -0.1) is 11.3 Å².